The highest BCUT2D eigenvalue weighted by molar-refractivity contribution is 5.92. The number of urea groups is 1. The summed E-state index contributed by atoms with van der Waals surface area (Å²) in [7, 11) is 0. The Labute approximate surface area is 172 Å². The van der Waals surface area contributed by atoms with Gasteiger partial charge in [0.2, 0.25) is 11.8 Å². The lowest BCUT2D eigenvalue weighted by atomic mass is 9.95. The first-order valence-electron chi connectivity index (χ1n) is 10.4. The first-order chi connectivity index (χ1) is 14.1. The molecule has 29 heavy (non-hydrogen) atoms. The summed E-state index contributed by atoms with van der Waals surface area (Å²) in [6.07, 6.45) is 4.83. The minimum atomic E-state index is -0.0602. The normalized spacial score (nSPS) is 18.2. The average Bonchev–Trinajstić information content (AvgIpc) is 2.78. The van der Waals surface area contributed by atoms with Gasteiger partial charge >= 0.3 is 6.03 Å². The molecule has 0 radical (unpaired) electrons. The Hall–Kier alpha value is -2.83. The van der Waals surface area contributed by atoms with Crippen LogP contribution < -0.4 is 5.32 Å². The van der Waals surface area contributed by atoms with Gasteiger partial charge in [-0.3, -0.25) is 9.59 Å². The molecular weight excluding hydrogens is 368 g/mol. The number of hydrogen-bond acceptors (Lipinski definition) is 3. The number of likely N-dealkylation sites (tertiary alicyclic amines) is 1. The van der Waals surface area contributed by atoms with Crippen LogP contribution in [0.1, 0.15) is 25.3 Å². The molecule has 4 amide bonds. The summed E-state index contributed by atoms with van der Waals surface area (Å²) in [5, 5.41) is 2.80. The van der Waals surface area contributed by atoms with Crippen LogP contribution >= 0.6 is 0 Å². The molecule has 1 N–H and O–H groups in total. The summed E-state index contributed by atoms with van der Waals surface area (Å²) in [6, 6.07) is 9.69. The molecule has 7 nitrogen and oxygen atoms in total. The van der Waals surface area contributed by atoms with E-state index in [0.29, 0.717) is 58.7 Å². The lowest BCUT2D eigenvalue weighted by Gasteiger charge is -2.38. The van der Waals surface area contributed by atoms with Crippen molar-refractivity contribution in [3.63, 3.8) is 0 Å². The Kier molecular flexibility index (Phi) is 7.27. The summed E-state index contributed by atoms with van der Waals surface area (Å²) in [5.74, 6) is 0.121. The summed E-state index contributed by atoms with van der Waals surface area (Å²) in [6.45, 7) is 6.00. The lowest BCUT2D eigenvalue weighted by molar-refractivity contribution is -0.140. The minimum absolute atomic E-state index is 0.00435. The van der Waals surface area contributed by atoms with Crippen LogP contribution in [0.3, 0.4) is 0 Å². The van der Waals surface area contributed by atoms with Gasteiger partial charge in [-0.2, -0.15) is 0 Å². The van der Waals surface area contributed by atoms with E-state index in [1.165, 1.54) is 0 Å². The fourth-order valence-electron chi connectivity index (χ4n) is 3.84. The van der Waals surface area contributed by atoms with Crippen molar-refractivity contribution in [2.45, 2.75) is 19.8 Å². The topological polar surface area (TPSA) is 73.0 Å². The van der Waals surface area contributed by atoms with E-state index >= 15 is 0 Å². The van der Waals surface area contributed by atoms with E-state index in [4.69, 9.17) is 0 Å². The number of amides is 4. The standard InChI is InChI=1S/C22H30N4O3/c1-2-23-22(29)26-16-14-25(15-17-26)21(28)19-10-12-24(13-11-19)20(27)9-8-18-6-4-3-5-7-18/h3-9,19H,2,10-17H2,1H3,(H,23,29)/b9-8+. The van der Waals surface area contributed by atoms with Gasteiger partial charge in [0.05, 0.1) is 0 Å². The van der Waals surface area contributed by atoms with Crippen molar-refractivity contribution in [1.29, 1.82) is 0 Å². The maximum Gasteiger partial charge on any atom is 0.317 e. The largest absolute Gasteiger partial charge is 0.339 e. The lowest BCUT2D eigenvalue weighted by Crippen LogP contribution is -2.54. The van der Waals surface area contributed by atoms with Crippen molar-refractivity contribution >= 4 is 23.9 Å². The zero-order chi connectivity index (χ0) is 20.6. The van der Waals surface area contributed by atoms with E-state index in [1.807, 2.05) is 53.1 Å². The molecule has 0 bridgehead atoms. The molecule has 0 aliphatic carbocycles. The molecule has 7 heteroatoms. The zero-order valence-corrected chi connectivity index (χ0v) is 17.0. The Morgan fingerprint density at radius 1 is 0.931 bits per heavy atom. The van der Waals surface area contributed by atoms with Crippen molar-refractivity contribution in [2.75, 3.05) is 45.8 Å². The molecule has 2 fully saturated rings. The summed E-state index contributed by atoms with van der Waals surface area (Å²) < 4.78 is 0. The molecule has 2 aliphatic rings. The van der Waals surface area contributed by atoms with Crippen LogP contribution in [0.2, 0.25) is 0 Å². The van der Waals surface area contributed by atoms with Gasteiger partial charge in [0.15, 0.2) is 0 Å². The van der Waals surface area contributed by atoms with E-state index in [-0.39, 0.29) is 23.8 Å². The Morgan fingerprint density at radius 3 is 2.17 bits per heavy atom. The second-order valence-electron chi connectivity index (χ2n) is 7.49. The fourth-order valence-corrected chi connectivity index (χ4v) is 3.84. The number of rotatable bonds is 4. The van der Waals surface area contributed by atoms with Crippen LogP contribution in [-0.4, -0.2) is 78.4 Å². The van der Waals surface area contributed by atoms with E-state index < -0.39 is 0 Å². The molecule has 0 atom stereocenters. The third-order valence-corrected chi connectivity index (χ3v) is 5.58. The predicted octanol–water partition coefficient (Wildman–Crippen LogP) is 1.81. The van der Waals surface area contributed by atoms with Crippen molar-refractivity contribution in [1.82, 2.24) is 20.0 Å². The average molecular weight is 399 g/mol. The molecule has 3 rings (SSSR count). The van der Waals surface area contributed by atoms with Gasteiger partial charge in [-0.05, 0) is 31.4 Å². The van der Waals surface area contributed by atoms with Gasteiger partial charge in [0.1, 0.15) is 0 Å². The second kappa shape index (κ2) is 10.1. The molecule has 0 unspecified atom stereocenters. The van der Waals surface area contributed by atoms with E-state index in [1.54, 1.807) is 11.0 Å². The van der Waals surface area contributed by atoms with E-state index in [2.05, 4.69) is 5.32 Å². The second-order valence-corrected chi connectivity index (χ2v) is 7.49. The monoisotopic (exact) mass is 398 g/mol. The van der Waals surface area contributed by atoms with Gasteiger partial charge < -0.3 is 20.0 Å². The van der Waals surface area contributed by atoms with Crippen LogP contribution in [-0.2, 0) is 9.59 Å². The van der Waals surface area contributed by atoms with Crippen molar-refractivity contribution in [3.8, 4) is 0 Å². The van der Waals surface area contributed by atoms with Crippen LogP contribution in [0, 0.1) is 5.92 Å². The minimum Gasteiger partial charge on any atom is -0.339 e. The van der Waals surface area contributed by atoms with Gasteiger partial charge in [-0.25, -0.2) is 4.79 Å². The number of hydrogen-bond donors (Lipinski definition) is 1. The first-order valence-corrected chi connectivity index (χ1v) is 10.4. The van der Waals surface area contributed by atoms with Crippen molar-refractivity contribution in [3.05, 3.63) is 42.0 Å². The third kappa shape index (κ3) is 5.59. The van der Waals surface area contributed by atoms with Crippen molar-refractivity contribution < 1.29 is 14.4 Å². The number of carbonyl (C=O) groups excluding carboxylic acids is 3. The molecule has 0 saturated carbocycles. The molecular formula is C22H30N4O3. The summed E-state index contributed by atoms with van der Waals surface area (Å²) in [5.41, 5.74) is 0.998. The van der Waals surface area contributed by atoms with E-state index in [0.717, 1.165) is 5.56 Å². The number of carbonyl (C=O) groups is 3. The van der Waals surface area contributed by atoms with Crippen LogP contribution in [0.4, 0.5) is 4.79 Å². The fraction of sp³-hybridized carbons (Fsp3) is 0.500. The summed E-state index contributed by atoms with van der Waals surface area (Å²) >= 11 is 0. The van der Waals surface area contributed by atoms with Crippen LogP contribution in [0.25, 0.3) is 6.08 Å². The maximum absolute atomic E-state index is 12.8. The first kappa shape index (κ1) is 20.9. The molecule has 2 heterocycles. The molecule has 0 aromatic heterocycles. The highest BCUT2D eigenvalue weighted by Gasteiger charge is 2.31. The number of nitrogens with one attached hydrogen (secondary N) is 1. The molecule has 156 valence electrons. The Morgan fingerprint density at radius 2 is 1.55 bits per heavy atom. The molecule has 2 saturated heterocycles. The smallest absolute Gasteiger partial charge is 0.317 e. The van der Waals surface area contributed by atoms with Crippen LogP contribution in [0.15, 0.2) is 36.4 Å². The SMILES string of the molecule is CCNC(=O)N1CCN(C(=O)C2CCN(C(=O)/C=C/c3ccccc3)CC2)CC1. The van der Waals surface area contributed by atoms with Crippen LogP contribution in [0.5, 0.6) is 0 Å². The molecule has 1 aromatic rings. The Bertz CT molecular complexity index is 734. The Balaban J connectivity index is 1.43. The third-order valence-electron chi connectivity index (χ3n) is 5.58. The molecule has 2 aliphatic heterocycles. The molecule has 1 aromatic carbocycles. The highest BCUT2D eigenvalue weighted by Crippen LogP contribution is 2.21. The predicted molar refractivity (Wildman–Crippen MR) is 112 cm³/mol. The van der Waals surface area contributed by atoms with Crippen molar-refractivity contribution in [2.24, 2.45) is 5.92 Å². The number of nitrogens with zero attached hydrogens (tertiary/aromatic N) is 3. The number of piperidine rings is 1. The van der Waals surface area contributed by atoms with E-state index in [9.17, 15) is 14.4 Å². The molecule has 0 spiro atoms. The number of piperazine rings is 1. The van der Waals surface area contributed by atoms with Gasteiger partial charge in [-0.1, -0.05) is 30.3 Å². The van der Waals surface area contributed by atoms with Gasteiger partial charge in [0, 0.05) is 57.8 Å². The number of benzene rings is 1. The zero-order valence-electron chi connectivity index (χ0n) is 17.0. The quantitative estimate of drug-likeness (QED) is 0.787. The van der Waals surface area contributed by atoms with Gasteiger partial charge in [0.25, 0.3) is 0 Å². The van der Waals surface area contributed by atoms with Gasteiger partial charge in [-0.15, -0.1) is 0 Å². The highest BCUT2D eigenvalue weighted by atomic mass is 16.2. The maximum atomic E-state index is 12.8. The summed E-state index contributed by atoms with van der Waals surface area (Å²) in [4.78, 5) is 42.6.